The summed E-state index contributed by atoms with van der Waals surface area (Å²) in [5.41, 5.74) is 3.13. The van der Waals surface area contributed by atoms with E-state index in [1.807, 2.05) is 6.92 Å². The molecule has 9 heteroatoms. The van der Waals surface area contributed by atoms with Gasteiger partial charge in [0.1, 0.15) is 5.75 Å². The maximum Gasteiger partial charge on any atom is 0.243 e. The van der Waals surface area contributed by atoms with Crippen molar-refractivity contribution < 1.29 is 22.7 Å². The van der Waals surface area contributed by atoms with E-state index in [0.29, 0.717) is 44.3 Å². The van der Waals surface area contributed by atoms with Gasteiger partial charge in [0, 0.05) is 18.0 Å². The molecule has 0 saturated carbocycles. The third-order valence-electron chi connectivity index (χ3n) is 5.57. The molecule has 1 fully saturated rings. The number of hydrogen-bond acceptors (Lipinski definition) is 6. The minimum absolute atomic E-state index is 0.129. The summed E-state index contributed by atoms with van der Waals surface area (Å²) in [5.74, 6) is 0.465. The summed E-state index contributed by atoms with van der Waals surface area (Å²) in [4.78, 5) is 13.9. The van der Waals surface area contributed by atoms with Crippen molar-refractivity contribution in [2.75, 3.05) is 44.0 Å². The van der Waals surface area contributed by atoms with E-state index < -0.39 is 10.0 Å². The first-order valence-corrected chi connectivity index (χ1v) is 13.3. The highest BCUT2D eigenvalue weighted by Crippen LogP contribution is 2.31. The van der Waals surface area contributed by atoms with Crippen LogP contribution >= 0.6 is 11.8 Å². The van der Waals surface area contributed by atoms with Gasteiger partial charge in [0.15, 0.2) is 0 Å². The molecular weight excluding hydrogens is 448 g/mol. The van der Waals surface area contributed by atoms with E-state index in [1.54, 1.807) is 6.07 Å². The molecule has 0 spiro atoms. The number of benzene rings is 2. The number of fused-ring (bicyclic) bond motifs is 1. The van der Waals surface area contributed by atoms with Crippen molar-refractivity contribution in [2.24, 2.45) is 0 Å². The van der Waals surface area contributed by atoms with Crippen LogP contribution in [0.3, 0.4) is 0 Å². The van der Waals surface area contributed by atoms with Crippen LogP contribution in [0.1, 0.15) is 24.5 Å². The van der Waals surface area contributed by atoms with E-state index in [9.17, 15) is 13.2 Å². The van der Waals surface area contributed by atoms with Gasteiger partial charge in [0.2, 0.25) is 15.9 Å². The number of sulfonamides is 1. The maximum atomic E-state index is 13.0. The Kier molecular flexibility index (Phi) is 7.40. The minimum Gasteiger partial charge on any atom is -0.492 e. The Bertz CT molecular complexity index is 1080. The van der Waals surface area contributed by atoms with Gasteiger partial charge in [-0.25, -0.2) is 8.42 Å². The number of thioether (sulfide) groups is 1. The molecule has 2 aliphatic rings. The molecule has 0 atom stereocenters. The molecule has 7 nitrogen and oxygen atoms in total. The fourth-order valence-corrected chi connectivity index (χ4v) is 6.15. The Morgan fingerprint density at radius 3 is 2.69 bits per heavy atom. The molecule has 0 aromatic heterocycles. The molecule has 0 unspecified atom stereocenters. The lowest BCUT2D eigenvalue weighted by Gasteiger charge is -2.26. The van der Waals surface area contributed by atoms with Crippen molar-refractivity contribution >= 4 is 33.4 Å². The third-order valence-corrected chi connectivity index (χ3v) is 8.46. The lowest BCUT2D eigenvalue weighted by Crippen LogP contribution is -2.40. The van der Waals surface area contributed by atoms with Gasteiger partial charge in [-0.3, -0.25) is 4.79 Å². The summed E-state index contributed by atoms with van der Waals surface area (Å²) in [6.45, 7) is 3.62. The highest BCUT2D eigenvalue weighted by atomic mass is 32.2. The van der Waals surface area contributed by atoms with Crippen molar-refractivity contribution in [3.8, 4) is 5.75 Å². The Labute approximate surface area is 193 Å². The van der Waals surface area contributed by atoms with Crippen LogP contribution in [-0.4, -0.2) is 57.3 Å². The van der Waals surface area contributed by atoms with E-state index in [-0.39, 0.29) is 16.6 Å². The molecule has 0 bridgehead atoms. The van der Waals surface area contributed by atoms with Crippen LogP contribution in [0.25, 0.3) is 0 Å². The lowest BCUT2D eigenvalue weighted by atomic mass is 10.1. The number of carbonyl (C=O) groups is 1. The van der Waals surface area contributed by atoms with Gasteiger partial charge in [-0.2, -0.15) is 4.31 Å². The average molecular weight is 477 g/mol. The molecule has 4 rings (SSSR count). The van der Waals surface area contributed by atoms with Crippen molar-refractivity contribution in [2.45, 2.75) is 36.0 Å². The molecule has 1 heterocycles. The highest BCUT2D eigenvalue weighted by Gasteiger charge is 2.27. The lowest BCUT2D eigenvalue weighted by molar-refractivity contribution is -0.113. The second kappa shape index (κ2) is 10.2. The Balaban J connectivity index is 1.47. The van der Waals surface area contributed by atoms with Crippen LogP contribution in [-0.2, 0) is 32.4 Å². The zero-order chi connectivity index (χ0) is 22.6. The summed E-state index contributed by atoms with van der Waals surface area (Å²) in [5, 5.41) is 2.84. The van der Waals surface area contributed by atoms with Crippen LogP contribution in [0.4, 0.5) is 5.69 Å². The number of nitrogens with zero attached hydrogens (tertiary/aromatic N) is 1. The molecule has 2 aromatic rings. The monoisotopic (exact) mass is 476 g/mol. The molecule has 1 N–H and O–H groups in total. The molecule has 2 aromatic carbocycles. The first-order valence-electron chi connectivity index (χ1n) is 10.9. The number of nitrogens with one attached hydrogen (secondary N) is 1. The Hall–Kier alpha value is -2.07. The molecule has 1 aliphatic heterocycles. The number of aryl methyl sites for hydroxylation is 2. The summed E-state index contributed by atoms with van der Waals surface area (Å²) in [6, 6.07) is 11.0. The standard InChI is InChI=1S/C23H28N2O5S2/c1-2-30-22-9-8-20(32(27,28)25-10-12-29-13-11-25)15-21(22)24-23(26)16-31-19-7-6-17-4-3-5-18(17)14-19/h6-9,14-15H,2-5,10-13,16H2,1H3,(H,24,26). The van der Waals surface area contributed by atoms with E-state index in [4.69, 9.17) is 9.47 Å². The van der Waals surface area contributed by atoms with Gasteiger partial charge >= 0.3 is 0 Å². The highest BCUT2D eigenvalue weighted by molar-refractivity contribution is 8.00. The van der Waals surface area contributed by atoms with Crippen molar-refractivity contribution in [3.63, 3.8) is 0 Å². The smallest absolute Gasteiger partial charge is 0.243 e. The Morgan fingerprint density at radius 1 is 1.12 bits per heavy atom. The van der Waals surface area contributed by atoms with Gasteiger partial charge in [-0.15, -0.1) is 11.8 Å². The quantitative estimate of drug-likeness (QED) is 0.589. The van der Waals surface area contributed by atoms with E-state index in [2.05, 4.69) is 23.5 Å². The van der Waals surface area contributed by atoms with Crippen molar-refractivity contribution in [1.82, 2.24) is 4.31 Å². The fraction of sp³-hybridized carbons (Fsp3) is 0.435. The van der Waals surface area contributed by atoms with Crippen LogP contribution in [0.5, 0.6) is 5.75 Å². The summed E-state index contributed by atoms with van der Waals surface area (Å²) < 4.78 is 38.3. The summed E-state index contributed by atoms with van der Waals surface area (Å²) in [6.07, 6.45) is 3.41. The Morgan fingerprint density at radius 2 is 1.91 bits per heavy atom. The molecule has 172 valence electrons. The van der Waals surface area contributed by atoms with Gasteiger partial charge in [0.25, 0.3) is 0 Å². The summed E-state index contributed by atoms with van der Waals surface area (Å²) in [7, 11) is -3.67. The van der Waals surface area contributed by atoms with E-state index in [1.165, 1.54) is 45.7 Å². The first kappa shape index (κ1) is 23.1. The third kappa shape index (κ3) is 5.28. The van der Waals surface area contributed by atoms with Crippen LogP contribution in [0, 0.1) is 0 Å². The first-order chi connectivity index (χ1) is 15.5. The zero-order valence-electron chi connectivity index (χ0n) is 18.1. The molecule has 1 aliphatic carbocycles. The number of anilines is 1. The number of morpholine rings is 1. The number of rotatable bonds is 8. The number of ether oxygens (including phenoxy) is 2. The summed E-state index contributed by atoms with van der Waals surface area (Å²) >= 11 is 1.47. The molecule has 32 heavy (non-hydrogen) atoms. The number of amides is 1. The van der Waals surface area contributed by atoms with Crippen LogP contribution in [0.15, 0.2) is 46.2 Å². The second-order valence-corrected chi connectivity index (χ2v) is 10.7. The molecular formula is C23H28N2O5S2. The topological polar surface area (TPSA) is 84.9 Å². The SMILES string of the molecule is CCOc1ccc(S(=O)(=O)N2CCOCC2)cc1NC(=O)CSc1ccc2c(c1)CCC2. The van der Waals surface area contributed by atoms with E-state index in [0.717, 1.165) is 17.7 Å². The van der Waals surface area contributed by atoms with E-state index >= 15 is 0 Å². The van der Waals surface area contributed by atoms with Gasteiger partial charge in [0.05, 0.1) is 36.2 Å². The largest absolute Gasteiger partial charge is 0.492 e. The average Bonchev–Trinajstić information content (AvgIpc) is 3.27. The molecule has 0 radical (unpaired) electrons. The van der Waals surface area contributed by atoms with Gasteiger partial charge in [-0.05, 0) is 67.6 Å². The number of carbonyl (C=O) groups excluding carboxylic acids is 1. The van der Waals surface area contributed by atoms with Crippen molar-refractivity contribution in [1.29, 1.82) is 0 Å². The van der Waals surface area contributed by atoms with Crippen molar-refractivity contribution in [3.05, 3.63) is 47.5 Å². The minimum atomic E-state index is -3.67. The second-order valence-electron chi connectivity index (χ2n) is 7.73. The molecule has 1 amide bonds. The predicted octanol–water partition coefficient (Wildman–Crippen LogP) is 3.33. The number of hydrogen-bond donors (Lipinski definition) is 1. The normalized spacial score (nSPS) is 16.5. The maximum absolute atomic E-state index is 13.0. The predicted molar refractivity (Wildman–Crippen MR) is 125 cm³/mol. The van der Waals surface area contributed by atoms with Crippen LogP contribution < -0.4 is 10.1 Å². The zero-order valence-corrected chi connectivity index (χ0v) is 19.8. The van der Waals surface area contributed by atoms with Crippen LogP contribution in [0.2, 0.25) is 0 Å². The van der Waals surface area contributed by atoms with Gasteiger partial charge < -0.3 is 14.8 Å². The molecule has 1 saturated heterocycles. The van der Waals surface area contributed by atoms with Gasteiger partial charge in [-0.1, -0.05) is 6.07 Å². The fourth-order valence-electron chi connectivity index (χ4n) is 3.96.